The van der Waals surface area contributed by atoms with Crippen molar-refractivity contribution in [2.24, 2.45) is 0 Å². The summed E-state index contributed by atoms with van der Waals surface area (Å²) in [5.74, 6) is 0.0563. The molecule has 7 heteroatoms. The van der Waals surface area contributed by atoms with E-state index in [9.17, 15) is 14.3 Å². The van der Waals surface area contributed by atoms with Crippen molar-refractivity contribution in [3.05, 3.63) is 59.4 Å². The molecule has 2 aromatic carbocycles. The number of alkyl carbamates (subject to hydrolysis) is 1. The fourth-order valence-corrected chi connectivity index (χ4v) is 2.84. The minimum absolute atomic E-state index is 0.0365. The second-order valence-corrected chi connectivity index (χ2v) is 6.18. The lowest BCUT2D eigenvalue weighted by Crippen LogP contribution is -2.39. The van der Waals surface area contributed by atoms with Crippen LogP contribution in [0.4, 0.5) is 9.18 Å². The van der Waals surface area contributed by atoms with Crippen LogP contribution in [0.2, 0.25) is 0 Å². The second kappa shape index (κ2) is 8.73. The average molecular weight is 375 g/mol. The molecule has 0 spiro atoms. The summed E-state index contributed by atoms with van der Waals surface area (Å²) in [7, 11) is 0. The summed E-state index contributed by atoms with van der Waals surface area (Å²) in [5, 5.41) is 13.2. The molecular weight excluding hydrogens is 353 g/mol. The number of halogens is 1. The molecule has 1 aliphatic heterocycles. The molecule has 0 radical (unpaired) electrons. The molecule has 144 valence electrons. The number of hydrogen-bond donors (Lipinski definition) is 2. The Morgan fingerprint density at radius 2 is 1.89 bits per heavy atom. The standard InChI is InChI=1S/C20H22FNO5/c1-2-16(22-20(24)27-12-13-6-4-3-5-7-13)19(23)14-10-17-18(11-15(14)21)26-9-8-25-17/h3-7,10-11,16,19,23H,2,8-9,12H2,1H3,(H,22,24)/t16-,19?/m1/s1. The highest BCUT2D eigenvalue weighted by Crippen LogP contribution is 2.35. The summed E-state index contributed by atoms with van der Waals surface area (Å²) in [6.07, 6.45) is -1.55. The van der Waals surface area contributed by atoms with Crippen LogP contribution in [0.1, 0.15) is 30.6 Å². The Hall–Kier alpha value is -2.80. The fraction of sp³-hybridized carbons (Fsp3) is 0.350. The molecule has 1 heterocycles. The highest BCUT2D eigenvalue weighted by molar-refractivity contribution is 5.67. The Labute approximate surface area is 156 Å². The number of aliphatic hydroxyl groups excluding tert-OH is 1. The zero-order valence-corrected chi connectivity index (χ0v) is 15.0. The predicted octanol–water partition coefficient (Wildman–Crippen LogP) is 3.34. The van der Waals surface area contributed by atoms with E-state index in [1.807, 2.05) is 30.3 Å². The molecule has 3 rings (SSSR count). The number of aliphatic hydroxyl groups is 1. The van der Waals surface area contributed by atoms with Gasteiger partial charge < -0.3 is 24.6 Å². The van der Waals surface area contributed by atoms with Crippen LogP contribution in [0.15, 0.2) is 42.5 Å². The molecule has 0 aliphatic carbocycles. The molecule has 2 atom stereocenters. The van der Waals surface area contributed by atoms with Gasteiger partial charge in [-0.1, -0.05) is 37.3 Å². The van der Waals surface area contributed by atoms with Crippen molar-refractivity contribution in [3.63, 3.8) is 0 Å². The van der Waals surface area contributed by atoms with Gasteiger partial charge in [0.15, 0.2) is 11.5 Å². The van der Waals surface area contributed by atoms with E-state index in [-0.39, 0.29) is 12.2 Å². The van der Waals surface area contributed by atoms with Crippen molar-refractivity contribution in [1.29, 1.82) is 0 Å². The Bertz CT molecular complexity index is 783. The quantitative estimate of drug-likeness (QED) is 0.810. The number of nitrogens with one attached hydrogen (secondary N) is 1. The van der Waals surface area contributed by atoms with Crippen LogP contribution in [0, 0.1) is 5.82 Å². The highest BCUT2D eigenvalue weighted by atomic mass is 19.1. The van der Waals surface area contributed by atoms with Crippen LogP contribution in [0.3, 0.4) is 0 Å². The number of benzene rings is 2. The van der Waals surface area contributed by atoms with Crippen molar-refractivity contribution < 1.29 is 28.5 Å². The van der Waals surface area contributed by atoms with E-state index in [4.69, 9.17) is 14.2 Å². The molecule has 1 aliphatic rings. The number of carbonyl (C=O) groups is 1. The summed E-state index contributed by atoms with van der Waals surface area (Å²) < 4.78 is 30.3. The van der Waals surface area contributed by atoms with Crippen molar-refractivity contribution in [2.45, 2.75) is 32.1 Å². The highest BCUT2D eigenvalue weighted by Gasteiger charge is 2.27. The molecule has 27 heavy (non-hydrogen) atoms. The number of hydrogen-bond acceptors (Lipinski definition) is 5. The Balaban J connectivity index is 1.65. The molecule has 1 unspecified atom stereocenters. The van der Waals surface area contributed by atoms with Crippen LogP contribution < -0.4 is 14.8 Å². The summed E-state index contributed by atoms with van der Waals surface area (Å²) in [6, 6.07) is 11.1. The van der Waals surface area contributed by atoms with Gasteiger partial charge in [-0.25, -0.2) is 9.18 Å². The third kappa shape index (κ3) is 4.68. The summed E-state index contributed by atoms with van der Waals surface area (Å²) in [6.45, 7) is 2.59. The number of amides is 1. The van der Waals surface area contributed by atoms with Gasteiger partial charge >= 0.3 is 6.09 Å². The third-order valence-electron chi connectivity index (χ3n) is 4.32. The first-order valence-corrected chi connectivity index (χ1v) is 8.82. The zero-order chi connectivity index (χ0) is 19.2. The van der Waals surface area contributed by atoms with Gasteiger partial charge in [-0.2, -0.15) is 0 Å². The van der Waals surface area contributed by atoms with E-state index < -0.39 is 24.1 Å². The van der Waals surface area contributed by atoms with Gasteiger partial charge in [-0.05, 0) is 18.1 Å². The van der Waals surface area contributed by atoms with Gasteiger partial charge in [0.1, 0.15) is 31.7 Å². The maximum atomic E-state index is 14.4. The van der Waals surface area contributed by atoms with E-state index in [1.54, 1.807) is 6.92 Å². The molecule has 0 saturated heterocycles. The van der Waals surface area contributed by atoms with Crippen molar-refractivity contribution in [2.75, 3.05) is 13.2 Å². The molecule has 6 nitrogen and oxygen atoms in total. The topological polar surface area (TPSA) is 77.0 Å². The largest absolute Gasteiger partial charge is 0.486 e. The van der Waals surface area contributed by atoms with Gasteiger partial charge in [0, 0.05) is 11.6 Å². The lowest BCUT2D eigenvalue weighted by molar-refractivity contribution is 0.0975. The van der Waals surface area contributed by atoms with E-state index >= 15 is 0 Å². The van der Waals surface area contributed by atoms with Crippen molar-refractivity contribution in [3.8, 4) is 11.5 Å². The van der Waals surface area contributed by atoms with Crippen LogP contribution >= 0.6 is 0 Å². The van der Waals surface area contributed by atoms with Gasteiger partial charge in [0.05, 0.1) is 6.04 Å². The minimum Gasteiger partial charge on any atom is -0.486 e. The first-order chi connectivity index (χ1) is 13.1. The van der Waals surface area contributed by atoms with E-state index in [2.05, 4.69) is 5.32 Å². The number of fused-ring (bicyclic) bond motifs is 1. The lowest BCUT2D eigenvalue weighted by atomic mass is 9.99. The fourth-order valence-electron chi connectivity index (χ4n) is 2.84. The van der Waals surface area contributed by atoms with Gasteiger partial charge in [0.2, 0.25) is 0 Å². The van der Waals surface area contributed by atoms with Crippen LogP contribution in [0.25, 0.3) is 0 Å². The molecule has 2 aromatic rings. The zero-order valence-electron chi connectivity index (χ0n) is 15.0. The maximum Gasteiger partial charge on any atom is 0.407 e. The number of carbonyl (C=O) groups excluding carboxylic acids is 1. The SMILES string of the molecule is CC[C@@H](NC(=O)OCc1ccccc1)C(O)c1cc2c(cc1F)OCCO2. The molecule has 0 saturated carbocycles. The van der Waals surface area contributed by atoms with E-state index in [1.165, 1.54) is 12.1 Å². The molecule has 2 N–H and O–H groups in total. The van der Waals surface area contributed by atoms with Crippen molar-refractivity contribution in [1.82, 2.24) is 5.32 Å². The molecule has 0 fully saturated rings. The normalized spacial score (nSPS) is 14.9. The third-order valence-corrected chi connectivity index (χ3v) is 4.32. The van der Waals surface area contributed by atoms with Crippen molar-refractivity contribution >= 4 is 6.09 Å². The molecule has 1 amide bonds. The predicted molar refractivity (Wildman–Crippen MR) is 96.2 cm³/mol. The Morgan fingerprint density at radius 3 is 2.56 bits per heavy atom. The molecular formula is C20H22FNO5. The summed E-state index contributed by atoms with van der Waals surface area (Å²) >= 11 is 0. The van der Waals surface area contributed by atoms with Crippen LogP contribution in [0.5, 0.6) is 11.5 Å². The first-order valence-electron chi connectivity index (χ1n) is 8.82. The maximum absolute atomic E-state index is 14.4. The van der Waals surface area contributed by atoms with Crippen LogP contribution in [-0.2, 0) is 11.3 Å². The average Bonchev–Trinajstić information content (AvgIpc) is 2.70. The van der Waals surface area contributed by atoms with Gasteiger partial charge in [-0.15, -0.1) is 0 Å². The molecule has 0 bridgehead atoms. The minimum atomic E-state index is -1.25. The van der Waals surface area contributed by atoms with E-state index in [0.717, 1.165) is 5.56 Å². The first kappa shape index (κ1) is 19.0. The monoisotopic (exact) mass is 375 g/mol. The summed E-state index contributed by atoms with van der Waals surface area (Å²) in [4.78, 5) is 12.1. The summed E-state index contributed by atoms with van der Waals surface area (Å²) in [5.41, 5.74) is 0.883. The lowest BCUT2D eigenvalue weighted by Gasteiger charge is -2.25. The van der Waals surface area contributed by atoms with Gasteiger partial charge in [0.25, 0.3) is 0 Å². The number of rotatable bonds is 6. The van der Waals surface area contributed by atoms with Crippen LogP contribution in [-0.4, -0.2) is 30.5 Å². The Kier molecular flexibility index (Phi) is 6.13. The second-order valence-electron chi connectivity index (χ2n) is 6.18. The Morgan fingerprint density at radius 1 is 1.22 bits per heavy atom. The van der Waals surface area contributed by atoms with E-state index in [0.29, 0.717) is 31.1 Å². The van der Waals surface area contributed by atoms with Gasteiger partial charge in [-0.3, -0.25) is 0 Å². The number of ether oxygens (including phenoxy) is 3. The molecule has 0 aromatic heterocycles. The smallest absolute Gasteiger partial charge is 0.407 e.